The number of fused-ring (bicyclic) bond motifs is 1. The molecule has 0 atom stereocenters. The van der Waals surface area contributed by atoms with Crippen LogP contribution in [-0.2, 0) is 13.6 Å². The van der Waals surface area contributed by atoms with Crippen LogP contribution in [0.4, 0.5) is 0 Å². The van der Waals surface area contributed by atoms with E-state index in [0.717, 1.165) is 4.88 Å². The summed E-state index contributed by atoms with van der Waals surface area (Å²) in [7, 11) is 1.79. The van der Waals surface area contributed by atoms with E-state index in [1.165, 1.54) is 11.3 Å². The molecule has 0 amide bonds. The molecule has 0 aliphatic rings. The highest BCUT2D eigenvalue weighted by Crippen LogP contribution is 2.35. The van der Waals surface area contributed by atoms with Crippen LogP contribution in [0.3, 0.4) is 0 Å². The van der Waals surface area contributed by atoms with Gasteiger partial charge in [-0.1, -0.05) is 51.5 Å². The van der Waals surface area contributed by atoms with E-state index in [-0.39, 0.29) is 11.3 Å². The lowest BCUT2D eigenvalue weighted by atomic mass is 9.99. The molecule has 0 spiro atoms. The largest absolute Gasteiger partial charge is 0.507 e. The van der Waals surface area contributed by atoms with E-state index in [1.54, 1.807) is 65.0 Å². The Labute approximate surface area is 207 Å². The van der Waals surface area contributed by atoms with E-state index < -0.39 is 0 Å². The molecular formula is C23H16Cl3N4O2S+. The van der Waals surface area contributed by atoms with Crippen molar-refractivity contribution in [2.75, 3.05) is 0 Å². The number of rotatable bonds is 4. The average Bonchev–Trinajstić information content (AvgIpc) is 3.35. The van der Waals surface area contributed by atoms with Crippen LogP contribution in [0.2, 0.25) is 14.5 Å². The van der Waals surface area contributed by atoms with Crippen molar-refractivity contribution in [3.8, 4) is 28.1 Å². The minimum absolute atomic E-state index is 0.0441. The third-order valence-electron chi connectivity index (χ3n) is 5.31. The van der Waals surface area contributed by atoms with Crippen molar-refractivity contribution in [3.63, 3.8) is 0 Å². The van der Waals surface area contributed by atoms with Gasteiger partial charge in [0.2, 0.25) is 0 Å². The molecule has 0 fully saturated rings. The molecule has 6 nitrogen and oxygen atoms in total. The number of halogens is 3. The molecule has 5 aromatic rings. The summed E-state index contributed by atoms with van der Waals surface area (Å²) in [5, 5.41) is 11.6. The van der Waals surface area contributed by atoms with Gasteiger partial charge in [0.1, 0.15) is 17.9 Å². The Kier molecular flexibility index (Phi) is 5.66. The number of benzene rings is 2. The predicted octanol–water partition coefficient (Wildman–Crippen LogP) is 5.43. The van der Waals surface area contributed by atoms with Crippen LogP contribution >= 0.6 is 46.1 Å². The Bertz CT molecular complexity index is 1570. The maximum Gasteiger partial charge on any atom is 0.369 e. The fourth-order valence-corrected chi connectivity index (χ4v) is 5.46. The zero-order valence-corrected chi connectivity index (χ0v) is 20.3. The molecule has 3 heterocycles. The van der Waals surface area contributed by atoms with Gasteiger partial charge < -0.3 is 5.11 Å². The fraction of sp³-hybridized carbons (Fsp3) is 0.0870. The molecule has 166 valence electrons. The lowest BCUT2D eigenvalue weighted by Crippen LogP contribution is -2.43. The van der Waals surface area contributed by atoms with E-state index >= 15 is 0 Å². The molecule has 33 heavy (non-hydrogen) atoms. The number of nitrogens with zero attached hydrogens (tertiary/aromatic N) is 4. The molecule has 2 aromatic carbocycles. The molecule has 1 N–H and O–H groups in total. The summed E-state index contributed by atoms with van der Waals surface area (Å²) >= 11 is 20.1. The summed E-state index contributed by atoms with van der Waals surface area (Å²) in [5.41, 5.74) is 2.31. The molecule has 0 aliphatic carbocycles. The number of aromatic hydroxyl groups is 1. The minimum Gasteiger partial charge on any atom is -0.507 e. The number of hydrogen-bond donors (Lipinski definition) is 1. The second-order valence-electron chi connectivity index (χ2n) is 7.43. The normalized spacial score (nSPS) is 11.4. The van der Waals surface area contributed by atoms with Gasteiger partial charge in [-0.3, -0.25) is 0 Å². The average molecular weight is 519 g/mol. The van der Waals surface area contributed by atoms with Crippen LogP contribution in [0, 0.1) is 0 Å². The summed E-state index contributed by atoms with van der Waals surface area (Å²) < 4.78 is 5.66. The molecule has 0 bridgehead atoms. The standard InChI is InChI=1S/C23H15Cl3N4O2S/c1-28-7-6-19-29(12-16-11-27-23(26)33-16)21(17-4-2-3-5-18(17)31)20(22(32)30(19)28)13-8-14(24)10-15(25)9-13/h2-11H,12H2,1H3/p+1. The highest BCUT2D eigenvalue weighted by Gasteiger charge is 2.30. The zero-order valence-electron chi connectivity index (χ0n) is 17.2. The van der Waals surface area contributed by atoms with Crippen LogP contribution in [0.15, 0.2) is 65.7 Å². The number of thiazole rings is 1. The number of hydrogen-bond acceptors (Lipinski definition) is 4. The Balaban J connectivity index is 1.97. The predicted molar refractivity (Wildman–Crippen MR) is 132 cm³/mol. The monoisotopic (exact) mass is 517 g/mol. The van der Waals surface area contributed by atoms with Crippen LogP contribution in [-0.4, -0.2) is 19.3 Å². The van der Waals surface area contributed by atoms with Crippen molar-refractivity contribution in [1.29, 1.82) is 0 Å². The van der Waals surface area contributed by atoms with Crippen LogP contribution < -0.4 is 10.1 Å². The fourth-order valence-electron chi connectivity index (χ4n) is 3.97. The number of phenolic OH excluding ortho intramolecular Hbond substituents is 1. The van der Waals surface area contributed by atoms with Gasteiger partial charge in [0.05, 0.1) is 22.7 Å². The van der Waals surface area contributed by atoms with Gasteiger partial charge in [0.15, 0.2) is 10.2 Å². The Morgan fingerprint density at radius 2 is 1.82 bits per heavy atom. The number of aromatic nitrogens is 4. The highest BCUT2D eigenvalue weighted by molar-refractivity contribution is 7.15. The number of aryl methyl sites for hydroxylation is 1. The van der Waals surface area contributed by atoms with Gasteiger partial charge in [-0.05, 0) is 35.9 Å². The first-order valence-electron chi connectivity index (χ1n) is 9.82. The second-order valence-corrected chi connectivity index (χ2v) is 10.00. The number of phenols is 1. The molecule has 0 unspecified atom stereocenters. The van der Waals surface area contributed by atoms with Gasteiger partial charge in [-0.2, -0.15) is 0 Å². The van der Waals surface area contributed by atoms with Gasteiger partial charge in [0.25, 0.3) is 0 Å². The van der Waals surface area contributed by atoms with E-state index in [1.807, 2.05) is 16.7 Å². The molecule has 5 rings (SSSR count). The van der Waals surface area contributed by atoms with E-state index in [0.29, 0.717) is 49.1 Å². The SMILES string of the molecule is Cn1ccc2n1c(=O)c(-c1cc(Cl)cc(Cl)c1)c(-c1ccccc1O)[n+]2Cc1cnc(Cl)s1. The molecule has 10 heteroatoms. The zero-order chi connectivity index (χ0) is 23.3. The van der Waals surface area contributed by atoms with Crippen molar-refractivity contribution < 1.29 is 9.67 Å². The third-order valence-corrected chi connectivity index (χ3v) is 6.85. The third kappa shape index (κ3) is 3.91. The molecule has 0 radical (unpaired) electrons. The van der Waals surface area contributed by atoms with Crippen molar-refractivity contribution in [2.24, 2.45) is 7.05 Å². The lowest BCUT2D eigenvalue weighted by molar-refractivity contribution is -0.654. The lowest BCUT2D eigenvalue weighted by Gasteiger charge is -2.14. The smallest absolute Gasteiger partial charge is 0.369 e. The van der Waals surface area contributed by atoms with Gasteiger partial charge in [0, 0.05) is 23.3 Å². The first-order chi connectivity index (χ1) is 15.8. The summed E-state index contributed by atoms with van der Waals surface area (Å²) in [6.07, 6.45) is 3.51. The Morgan fingerprint density at radius 3 is 2.48 bits per heavy atom. The van der Waals surface area contributed by atoms with Crippen molar-refractivity contribution >= 4 is 51.8 Å². The van der Waals surface area contributed by atoms with Gasteiger partial charge >= 0.3 is 11.2 Å². The molecule has 3 aromatic heterocycles. The second kappa shape index (κ2) is 8.50. The van der Waals surface area contributed by atoms with Crippen molar-refractivity contribution in [1.82, 2.24) is 14.2 Å². The van der Waals surface area contributed by atoms with Crippen LogP contribution in [0.5, 0.6) is 5.75 Å². The first-order valence-corrected chi connectivity index (χ1v) is 11.8. The summed E-state index contributed by atoms with van der Waals surface area (Å²) in [6, 6.07) is 13.7. The first kappa shape index (κ1) is 22.0. The van der Waals surface area contributed by atoms with Crippen molar-refractivity contribution in [3.05, 3.63) is 90.7 Å². The Morgan fingerprint density at radius 1 is 1.09 bits per heavy atom. The summed E-state index contributed by atoms with van der Waals surface area (Å²) in [6.45, 7) is 0.378. The summed E-state index contributed by atoms with van der Waals surface area (Å²) in [4.78, 5) is 18.9. The molecule has 0 saturated carbocycles. The quantitative estimate of drug-likeness (QED) is 0.323. The Hall–Kier alpha value is -2.84. The van der Waals surface area contributed by atoms with Gasteiger partial charge in [-0.25, -0.2) is 19.0 Å². The van der Waals surface area contributed by atoms with E-state index in [4.69, 9.17) is 34.8 Å². The minimum atomic E-state index is -0.271. The molecular weight excluding hydrogens is 503 g/mol. The van der Waals surface area contributed by atoms with Gasteiger partial charge in [-0.15, -0.1) is 11.3 Å². The highest BCUT2D eigenvalue weighted by atomic mass is 35.5. The van der Waals surface area contributed by atoms with Crippen LogP contribution in [0.25, 0.3) is 28.0 Å². The van der Waals surface area contributed by atoms with E-state index in [9.17, 15) is 9.90 Å². The maximum atomic E-state index is 13.9. The molecule has 0 aliphatic heterocycles. The topological polar surface area (TPSA) is 63.4 Å². The maximum absolute atomic E-state index is 13.9. The summed E-state index contributed by atoms with van der Waals surface area (Å²) in [5.74, 6) is 0.0441. The van der Waals surface area contributed by atoms with E-state index in [2.05, 4.69) is 4.98 Å². The molecule has 0 saturated heterocycles. The number of para-hydroxylation sites is 1. The van der Waals surface area contributed by atoms with Crippen molar-refractivity contribution in [2.45, 2.75) is 6.54 Å². The van der Waals surface area contributed by atoms with Crippen LogP contribution in [0.1, 0.15) is 4.88 Å².